The third-order valence-electron chi connectivity index (χ3n) is 2.78. The molecule has 0 amide bonds. The second-order valence-corrected chi connectivity index (χ2v) is 4.05. The van der Waals surface area contributed by atoms with Gasteiger partial charge in [0.05, 0.1) is 6.61 Å². The van der Waals surface area contributed by atoms with E-state index in [1.165, 1.54) is 25.9 Å². The van der Waals surface area contributed by atoms with Crippen molar-refractivity contribution in [3.8, 4) is 0 Å². The van der Waals surface area contributed by atoms with Crippen molar-refractivity contribution in [3.63, 3.8) is 0 Å². The van der Waals surface area contributed by atoms with Gasteiger partial charge in [-0.1, -0.05) is 0 Å². The quantitative estimate of drug-likeness (QED) is 0.663. The molecule has 0 aliphatic carbocycles. The molecule has 0 saturated carbocycles. The van der Waals surface area contributed by atoms with Crippen LogP contribution in [0.3, 0.4) is 0 Å². The van der Waals surface area contributed by atoms with Gasteiger partial charge in [-0.3, -0.25) is 4.79 Å². The second-order valence-electron chi connectivity index (χ2n) is 4.05. The van der Waals surface area contributed by atoms with E-state index in [9.17, 15) is 4.79 Å². The molecule has 88 valence electrons. The Bertz CT molecular complexity index is 191. The highest BCUT2D eigenvalue weighted by Gasteiger charge is 2.15. The molecule has 1 heterocycles. The minimum Gasteiger partial charge on any atom is -0.465 e. The zero-order chi connectivity index (χ0) is 11.1. The first-order chi connectivity index (χ1) is 7.24. The molecule has 1 rings (SSSR count). The van der Waals surface area contributed by atoms with Crippen molar-refractivity contribution in [2.75, 3.05) is 26.2 Å². The van der Waals surface area contributed by atoms with Gasteiger partial charge in [0.1, 0.15) is 6.04 Å². The lowest BCUT2D eigenvalue weighted by atomic mass is 10.1. The predicted octanol–water partition coefficient (Wildman–Crippen LogP) is 0.753. The highest BCUT2D eigenvalue weighted by atomic mass is 16.5. The number of ether oxygens (including phenoxy) is 1. The number of rotatable bonds is 6. The van der Waals surface area contributed by atoms with E-state index in [0.717, 1.165) is 19.4 Å². The lowest BCUT2D eigenvalue weighted by Gasteiger charge is -2.15. The number of nitrogens with two attached hydrogens (primary N) is 1. The van der Waals surface area contributed by atoms with Crippen molar-refractivity contribution in [3.05, 3.63) is 0 Å². The van der Waals surface area contributed by atoms with Crippen LogP contribution < -0.4 is 5.73 Å². The second kappa shape index (κ2) is 6.80. The van der Waals surface area contributed by atoms with E-state index in [-0.39, 0.29) is 5.97 Å². The topological polar surface area (TPSA) is 55.6 Å². The fourth-order valence-corrected chi connectivity index (χ4v) is 1.91. The maximum atomic E-state index is 11.2. The number of esters is 1. The molecule has 0 bridgehead atoms. The van der Waals surface area contributed by atoms with Gasteiger partial charge in [-0.15, -0.1) is 0 Å². The van der Waals surface area contributed by atoms with Crippen molar-refractivity contribution < 1.29 is 9.53 Å². The summed E-state index contributed by atoms with van der Waals surface area (Å²) in [5, 5.41) is 0. The molecule has 0 spiro atoms. The van der Waals surface area contributed by atoms with Crippen LogP contribution in [0.4, 0.5) is 0 Å². The van der Waals surface area contributed by atoms with Crippen LogP contribution in [0.1, 0.15) is 32.6 Å². The highest BCUT2D eigenvalue weighted by molar-refractivity contribution is 5.75. The van der Waals surface area contributed by atoms with Gasteiger partial charge in [-0.05, 0) is 52.2 Å². The monoisotopic (exact) mass is 214 g/mol. The fourth-order valence-electron chi connectivity index (χ4n) is 1.91. The van der Waals surface area contributed by atoms with Gasteiger partial charge in [0.25, 0.3) is 0 Å². The van der Waals surface area contributed by atoms with Crippen LogP contribution in [0.5, 0.6) is 0 Å². The molecule has 2 N–H and O–H groups in total. The summed E-state index contributed by atoms with van der Waals surface area (Å²) in [4.78, 5) is 13.6. The lowest BCUT2D eigenvalue weighted by Crippen LogP contribution is -2.33. The molecule has 4 heteroatoms. The van der Waals surface area contributed by atoms with Crippen molar-refractivity contribution >= 4 is 5.97 Å². The molecule has 0 aromatic rings. The summed E-state index contributed by atoms with van der Waals surface area (Å²) in [6.45, 7) is 5.68. The number of likely N-dealkylation sites (tertiary alicyclic amines) is 1. The summed E-state index contributed by atoms with van der Waals surface area (Å²) >= 11 is 0. The molecule has 1 unspecified atom stereocenters. The zero-order valence-corrected chi connectivity index (χ0v) is 9.58. The largest absolute Gasteiger partial charge is 0.465 e. The van der Waals surface area contributed by atoms with Crippen LogP contribution in [0.2, 0.25) is 0 Å². The van der Waals surface area contributed by atoms with E-state index in [2.05, 4.69) is 4.90 Å². The van der Waals surface area contributed by atoms with Gasteiger partial charge in [-0.25, -0.2) is 0 Å². The Morgan fingerprint density at radius 2 is 2.13 bits per heavy atom. The van der Waals surface area contributed by atoms with Gasteiger partial charge in [0.15, 0.2) is 0 Å². The first-order valence-electron chi connectivity index (χ1n) is 5.88. The maximum absolute atomic E-state index is 11.2. The SMILES string of the molecule is CCOC(=O)C(N)CCCN1CCCC1. The average Bonchev–Trinajstić information content (AvgIpc) is 2.71. The highest BCUT2D eigenvalue weighted by Crippen LogP contribution is 2.09. The summed E-state index contributed by atoms with van der Waals surface area (Å²) < 4.78 is 4.85. The number of hydrogen-bond donors (Lipinski definition) is 1. The van der Waals surface area contributed by atoms with Crippen molar-refractivity contribution in [2.45, 2.75) is 38.6 Å². The third kappa shape index (κ3) is 4.62. The number of carbonyl (C=O) groups excluding carboxylic acids is 1. The molecule has 1 saturated heterocycles. The van der Waals surface area contributed by atoms with E-state index < -0.39 is 6.04 Å². The predicted molar refractivity (Wildman–Crippen MR) is 59.5 cm³/mol. The third-order valence-corrected chi connectivity index (χ3v) is 2.78. The molecule has 4 nitrogen and oxygen atoms in total. The number of carbonyl (C=O) groups is 1. The minimum absolute atomic E-state index is 0.265. The summed E-state index contributed by atoms with van der Waals surface area (Å²) in [7, 11) is 0. The van der Waals surface area contributed by atoms with E-state index >= 15 is 0 Å². The Balaban J connectivity index is 2.05. The molecule has 1 aliphatic rings. The van der Waals surface area contributed by atoms with Crippen molar-refractivity contribution in [1.29, 1.82) is 0 Å². The molecule has 1 aliphatic heterocycles. The van der Waals surface area contributed by atoms with Crippen molar-refractivity contribution in [2.24, 2.45) is 5.73 Å². The summed E-state index contributed by atoms with van der Waals surface area (Å²) in [5.41, 5.74) is 5.69. The fraction of sp³-hybridized carbons (Fsp3) is 0.909. The van der Waals surface area contributed by atoms with Crippen LogP contribution in [0, 0.1) is 0 Å². The standard InChI is InChI=1S/C11H22N2O2/c1-2-15-11(14)10(12)6-5-9-13-7-3-4-8-13/h10H,2-9,12H2,1H3. The van der Waals surface area contributed by atoms with Gasteiger partial charge >= 0.3 is 5.97 Å². The van der Waals surface area contributed by atoms with Crippen LogP contribution in [0.25, 0.3) is 0 Å². The molecule has 15 heavy (non-hydrogen) atoms. The average molecular weight is 214 g/mol. The first kappa shape index (κ1) is 12.5. The first-order valence-corrected chi connectivity index (χ1v) is 5.88. The Morgan fingerprint density at radius 3 is 2.73 bits per heavy atom. The van der Waals surface area contributed by atoms with E-state index in [0.29, 0.717) is 6.61 Å². The molecule has 1 atom stereocenters. The van der Waals surface area contributed by atoms with Crippen LogP contribution in [0.15, 0.2) is 0 Å². The lowest BCUT2D eigenvalue weighted by molar-refractivity contribution is -0.144. The molecule has 0 aromatic heterocycles. The van der Waals surface area contributed by atoms with Gasteiger partial charge in [-0.2, -0.15) is 0 Å². The Labute approximate surface area is 91.8 Å². The van der Waals surface area contributed by atoms with Gasteiger partial charge in [0, 0.05) is 0 Å². The molecule has 0 aromatic carbocycles. The number of nitrogens with zero attached hydrogens (tertiary/aromatic N) is 1. The maximum Gasteiger partial charge on any atom is 0.322 e. The van der Waals surface area contributed by atoms with E-state index in [1.54, 1.807) is 6.92 Å². The smallest absolute Gasteiger partial charge is 0.322 e. The summed E-state index contributed by atoms with van der Waals surface area (Å²) in [6, 6.07) is -0.437. The van der Waals surface area contributed by atoms with E-state index in [1.807, 2.05) is 0 Å². The summed E-state index contributed by atoms with van der Waals surface area (Å²) in [5.74, 6) is -0.265. The number of hydrogen-bond acceptors (Lipinski definition) is 4. The van der Waals surface area contributed by atoms with Crippen LogP contribution in [-0.2, 0) is 9.53 Å². The van der Waals surface area contributed by atoms with Crippen molar-refractivity contribution in [1.82, 2.24) is 4.90 Å². The van der Waals surface area contributed by atoms with E-state index in [4.69, 9.17) is 10.5 Å². The Morgan fingerprint density at radius 1 is 1.47 bits per heavy atom. The molecular formula is C11H22N2O2. The normalized spacial score (nSPS) is 19.1. The zero-order valence-electron chi connectivity index (χ0n) is 9.58. The van der Waals surface area contributed by atoms with Gasteiger partial charge in [0.2, 0.25) is 0 Å². The van der Waals surface area contributed by atoms with Crippen LogP contribution >= 0.6 is 0 Å². The molecule has 1 fully saturated rings. The summed E-state index contributed by atoms with van der Waals surface area (Å²) in [6.07, 6.45) is 4.34. The Hall–Kier alpha value is -0.610. The molecule has 0 radical (unpaired) electrons. The molecular weight excluding hydrogens is 192 g/mol. The minimum atomic E-state index is -0.437. The van der Waals surface area contributed by atoms with Gasteiger partial charge < -0.3 is 15.4 Å². The Kier molecular flexibility index (Phi) is 5.65. The van der Waals surface area contributed by atoms with Crippen LogP contribution in [-0.4, -0.2) is 43.2 Å².